The molecule has 0 atom stereocenters. The maximum atomic E-state index is 2.40. The second-order valence-electron chi connectivity index (χ2n) is 9.25. The molecule has 0 N–H and O–H groups in total. The van der Waals surface area contributed by atoms with Gasteiger partial charge in [-0.2, -0.15) is 0 Å². The molecule has 1 heteroatoms. The van der Waals surface area contributed by atoms with Crippen molar-refractivity contribution in [3.8, 4) is 22.3 Å². The third kappa shape index (κ3) is 4.83. The molecule has 158 valence electrons. The quantitative estimate of drug-likeness (QED) is 0.373. The minimum absolute atomic E-state index is 0.529. The molecule has 1 aliphatic carbocycles. The highest BCUT2D eigenvalue weighted by atomic mass is 28.2. The summed E-state index contributed by atoms with van der Waals surface area (Å²) < 4.78 is 0. The molecular weight excluding hydrogens is 388 g/mol. The standard InChI is InChI=1S/C30H34Si/c1-6-9-24-10-7-12-28(24)31-29-13-8-11-27(25-16-20(2)14-21(3)17-25)30(29)26-18-22(4)15-23(5)19-26/h7-8,10-11,13-19H,6,9,12,31H2,1-5H3. The Hall–Kier alpha value is -2.64. The Kier molecular flexibility index (Phi) is 6.43. The van der Waals surface area contributed by atoms with E-state index in [0.29, 0.717) is 0 Å². The predicted octanol–water partition coefficient (Wildman–Crippen LogP) is 7.06. The number of allylic oxidation sites excluding steroid dienone is 4. The fourth-order valence-electron chi connectivity index (χ4n) is 5.12. The molecule has 31 heavy (non-hydrogen) atoms. The Morgan fingerprint density at radius 1 is 0.774 bits per heavy atom. The molecule has 0 saturated heterocycles. The van der Waals surface area contributed by atoms with Crippen molar-refractivity contribution in [2.24, 2.45) is 0 Å². The van der Waals surface area contributed by atoms with Crippen LogP contribution in [-0.4, -0.2) is 9.52 Å². The topological polar surface area (TPSA) is 0 Å². The van der Waals surface area contributed by atoms with Crippen LogP contribution in [0.2, 0.25) is 0 Å². The van der Waals surface area contributed by atoms with Gasteiger partial charge in [-0.3, -0.25) is 0 Å². The number of hydrogen-bond donors (Lipinski definition) is 0. The van der Waals surface area contributed by atoms with Crippen molar-refractivity contribution in [1.29, 1.82) is 0 Å². The third-order valence-electron chi connectivity index (χ3n) is 6.25. The monoisotopic (exact) mass is 422 g/mol. The summed E-state index contributed by atoms with van der Waals surface area (Å²) in [7, 11) is -0.529. The van der Waals surface area contributed by atoms with Gasteiger partial charge in [0.2, 0.25) is 0 Å². The summed E-state index contributed by atoms with van der Waals surface area (Å²) in [6.07, 6.45) is 8.36. The van der Waals surface area contributed by atoms with Gasteiger partial charge in [0.1, 0.15) is 0 Å². The molecule has 3 aromatic carbocycles. The van der Waals surface area contributed by atoms with Crippen LogP contribution in [0.5, 0.6) is 0 Å². The van der Waals surface area contributed by atoms with E-state index >= 15 is 0 Å². The first-order valence-corrected chi connectivity index (χ1v) is 13.0. The zero-order valence-corrected chi connectivity index (χ0v) is 21.1. The van der Waals surface area contributed by atoms with Gasteiger partial charge in [0.25, 0.3) is 0 Å². The maximum absolute atomic E-state index is 2.40. The summed E-state index contributed by atoms with van der Waals surface area (Å²) in [5, 5.41) is 3.30. The highest BCUT2D eigenvalue weighted by Crippen LogP contribution is 2.34. The smallest absolute Gasteiger partial charge is 0.0806 e. The maximum Gasteiger partial charge on any atom is 0.0840 e. The Balaban J connectivity index is 1.92. The van der Waals surface area contributed by atoms with Crippen molar-refractivity contribution in [3.05, 3.63) is 99.8 Å². The summed E-state index contributed by atoms with van der Waals surface area (Å²) >= 11 is 0. The predicted molar refractivity (Wildman–Crippen MR) is 140 cm³/mol. The van der Waals surface area contributed by atoms with Crippen molar-refractivity contribution in [2.45, 2.75) is 53.9 Å². The van der Waals surface area contributed by atoms with Gasteiger partial charge in [-0.1, -0.05) is 118 Å². The van der Waals surface area contributed by atoms with Gasteiger partial charge < -0.3 is 0 Å². The summed E-state index contributed by atoms with van der Waals surface area (Å²) in [4.78, 5) is 0. The van der Waals surface area contributed by atoms with Crippen LogP contribution in [0.3, 0.4) is 0 Å². The molecular formula is C30H34Si. The van der Waals surface area contributed by atoms with Crippen LogP contribution in [0.4, 0.5) is 0 Å². The number of rotatable bonds is 6. The van der Waals surface area contributed by atoms with Crippen LogP contribution in [0, 0.1) is 27.7 Å². The molecule has 4 rings (SSSR count). The fraction of sp³-hybridized carbons (Fsp3) is 0.267. The lowest BCUT2D eigenvalue weighted by atomic mass is 9.91. The first-order chi connectivity index (χ1) is 14.9. The molecule has 0 radical (unpaired) electrons. The zero-order chi connectivity index (χ0) is 22.0. The number of aryl methyl sites for hydroxylation is 4. The largest absolute Gasteiger partial charge is 0.0840 e. The lowest BCUT2D eigenvalue weighted by molar-refractivity contribution is 0.924. The number of benzene rings is 3. The molecule has 3 aromatic rings. The van der Waals surface area contributed by atoms with Gasteiger partial charge in [0.15, 0.2) is 0 Å². The van der Waals surface area contributed by atoms with Crippen LogP contribution in [0.15, 0.2) is 77.5 Å². The second kappa shape index (κ2) is 9.24. The second-order valence-corrected chi connectivity index (χ2v) is 11.2. The molecule has 0 saturated carbocycles. The van der Waals surface area contributed by atoms with E-state index in [4.69, 9.17) is 0 Å². The molecule has 0 heterocycles. The van der Waals surface area contributed by atoms with E-state index < -0.39 is 9.52 Å². The molecule has 0 aliphatic heterocycles. The van der Waals surface area contributed by atoms with Gasteiger partial charge in [0.05, 0.1) is 9.52 Å². The minimum atomic E-state index is -0.529. The molecule has 0 aromatic heterocycles. The van der Waals surface area contributed by atoms with E-state index in [1.807, 2.05) is 0 Å². The van der Waals surface area contributed by atoms with E-state index in [1.54, 1.807) is 16.0 Å². The third-order valence-corrected chi connectivity index (χ3v) is 8.39. The van der Waals surface area contributed by atoms with Crippen molar-refractivity contribution in [3.63, 3.8) is 0 Å². The van der Waals surface area contributed by atoms with Gasteiger partial charge >= 0.3 is 0 Å². The zero-order valence-electron chi connectivity index (χ0n) is 19.7. The average Bonchev–Trinajstić information content (AvgIpc) is 3.13. The Morgan fingerprint density at radius 2 is 1.39 bits per heavy atom. The van der Waals surface area contributed by atoms with Crippen LogP contribution in [0.1, 0.15) is 48.4 Å². The van der Waals surface area contributed by atoms with Crippen molar-refractivity contribution >= 4 is 14.7 Å². The summed E-state index contributed by atoms with van der Waals surface area (Å²) in [5.74, 6) is 0. The molecule has 0 fully saturated rings. The van der Waals surface area contributed by atoms with E-state index in [-0.39, 0.29) is 0 Å². The highest BCUT2D eigenvalue weighted by molar-refractivity contribution is 6.63. The fourth-order valence-corrected chi connectivity index (χ4v) is 7.23. The normalized spacial score (nSPS) is 13.7. The summed E-state index contributed by atoms with van der Waals surface area (Å²) in [6, 6.07) is 21.0. The molecule has 0 bridgehead atoms. The SMILES string of the molecule is CCCC1=C([SiH2]c2cccc(-c3cc(C)cc(C)c3)c2-c2cc(C)cc(C)c2)CC=C1. The van der Waals surface area contributed by atoms with Gasteiger partial charge in [-0.05, 0) is 62.8 Å². The van der Waals surface area contributed by atoms with Gasteiger partial charge in [-0.15, -0.1) is 0 Å². The minimum Gasteiger partial charge on any atom is -0.0806 e. The molecule has 1 aliphatic rings. The molecule has 0 nitrogen and oxygen atoms in total. The lowest BCUT2D eigenvalue weighted by Crippen LogP contribution is -2.20. The molecule has 0 unspecified atom stereocenters. The lowest BCUT2D eigenvalue weighted by Gasteiger charge is -2.19. The van der Waals surface area contributed by atoms with Crippen molar-refractivity contribution < 1.29 is 0 Å². The summed E-state index contributed by atoms with van der Waals surface area (Å²) in [5.41, 5.74) is 12.5. The van der Waals surface area contributed by atoms with Gasteiger partial charge in [-0.25, -0.2) is 0 Å². The van der Waals surface area contributed by atoms with Gasteiger partial charge in [0, 0.05) is 0 Å². The van der Waals surface area contributed by atoms with E-state index in [1.165, 1.54) is 57.3 Å². The Morgan fingerprint density at radius 3 is 2.00 bits per heavy atom. The van der Waals surface area contributed by atoms with Crippen molar-refractivity contribution in [1.82, 2.24) is 0 Å². The Labute approximate surface area is 190 Å². The summed E-state index contributed by atoms with van der Waals surface area (Å²) in [6.45, 7) is 11.1. The highest BCUT2D eigenvalue weighted by Gasteiger charge is 2.17. The van der Waals surface area contributed by atoms with Crippen molar-refractivity contribution in [2.75, 3.05) is 0 Å². The van der Waals surface area contributed by atoms with Crippen LogP contribution in [-0.2, 0) is 0 Å². The average molecular weight is 423 g/mol. The molecule has 0 spiro atoms. The van der Waals surface area contributed by atoms with Crippen LogP contribution < -0.4 is 5.19 Å². The van der Waals surface area contributed by atoms with E-state index in [9.17, 15) is 0 Å². The van der Waals surface area contributed by atoms with Crippen LogP contribution in [0.25, 0.3) is 22.3 Å². The first kappa shape index (κ1) is 21.6. The number of hydrogen-bond acceptors (Lipinski definition) is 0. The Bertz CT molecular complexity index is 1140. The first-order valence-electron chi connectivity index (χ1n) is 11.6. The molecule has 0 amide bonds. The van der Waals surface area contributed by atoms with E-state index in [0.717, 1.165) is 6.42 Å². The van der Waals surface area contributed by atoms with E-state index in [2.05, 4.69) is 101 Å². The van der Waals surface area contributed by atoms with Crippen LogP contribution >= 0.6 is 0 Å².